The molecule has 3 unspecified atom stereocenters. The van der Waals surface area contributed by atoms with E-state index >= 15 is 0 Å². The van der Waals surface area contributed by atoms with E-state index in [1.165, 1.54) is 0 Å². The number of nitrogens with one attached hydrogen (secondary N) is 1. The van der Waals surface area contributed by atoms with Crippen molar-refractivity contribution in [3.63, 3.8) is 0 Å². The van der Waals surface area contributed by atoms with Crippen LogP contribution in [0.3, 0.4) is 0 Å². The van der Waals surface area contributed by atoms with Gasteiger partial charge in [0, 0.05) is 18.7 Å². The fourth-order valence-electron chi connectivity index (χ4n) is 6.18. The molecule has 7 heteroatoms. The Morgan fingerprint density at radius 3 is 2.55 bits per heavy atom. The third-order valence-electron chi connectivity index (χ3n) is 7.69. The summed E-state index contributed by atoms with van der Waals surface area (Å²) in [5.41, 5.74) is 12.2. The van der Waals surface area contributed by atoms with Gasteiger partial charge in [0.25, 0.3) is 0 Å². The van der Waals surface area contributed by atoms with Crippen LogP contribution in [0.25, 0.3) is 0 Å². The lowest BCUT2D eigenvalue weighted by atomic mass is 9.47. The molecule has 4 aliphatic carbocycles. The summed E-state index contributed by atoms with van der Waals surface area (Å²) < 4.78 is 0. The Hall–Kier alpha value is -2.62. The third kappa shape index (κ3) is 3.15. The van der Waals surface area contributed by atoms with Gasteiger partial charge in [-0.2, -0.15) is 5.26 Å². The van der Waals surface area contributed by atoms with Crippen molar-refractivity contribution >= 4 is 17.6 Å². The molecule has 7 nitrogen and oxygen atoms in total. The molecule has 0 aromatic carbocycles. The van der Waals surface area contributed by atoms with Gasteiger partial charge in [-0.25, -0.2) is 4.98 Å². The molecule has 1 amide bonds. The summed E-state index contributed by atoms with van der Waals surface area (Å²) in [4.78, 5) is 21.6. The minimum absolute atomic E-state index is 0.113. The molecule has 0 saturated heterocycles. The van der Waals surface area contributed by atoms with Gasteiger partial charge in [0.15, 0.2) is 0 Å². The highest BCUT2D eigenvalue weighted by Crippen LogP contribution is 2.60. The first-order valence-corrected chi connectivity index (χ1v) is 10.5. The maximum Gasteiger partial charge on any atom is 0.223 e. The highest BCUT2D eigenvalue weighted by atomic mass is 16.1. The smallest absolute Gasteiger partial charge is 0.223 e. The predicted octanol–water partition coefficient (Wildman–Crippen LogP) is 2.33. The molecule has 4 saturated carbocycles. The number of amidine groups is 1. The van der Waals surface area contributed by atoms with Gasteiger partial charge in [-0.1, -0.05) is 6.07 Å². The van der Waals surface area contributed by atoms with Crippen LogP contribution >= 0.6 is 0 Å². The highest BCUT2D eigenvalue weighted by molar-refractivity contribution is 5.92. The topological polar surface area (TPSA) is 130 Å². The summed E-state index contributed by atoms with van der Waals surface area (Å²) in [5.74, 6) is 2.39. The number of aromatic nitrogens is 1. The zero-order valence-electron chi connectivity index (χ0n) is 17.2. The Morgan fingerprint density at radius 1 is 1.34 bits per heavy atom. The molecule has 29 heavy (non-hydrogen) atoms. The van der Waals surface area contributed by atoms with Crippen molar-refractivity contribution in [1.29, 1.82) is 5.26 Å². The Morgan fingerprint density at radius 2 is 2.03 bits per heavy atom. The van der Waals surface area contributed by atoms with Gasteiger partial charge in [0.2, 0.25) is 5.91 Å². The van der Waals surface area contributed by atoms with E-state index in [1.54, 1.807) is 6.20 Å². The minimum atomic E-state index is -0.690. The standard InChI is InChI=1S/C22H30N6O/c1-21(5-6-23,16-3-4-17(26-2)27-12-16)19(24)28-18-14-7-13-8-15(18)11-22(9-13,10-14)20(25)29/h3-4,12-15,18H,5,7-11H2,1-2H3,(H2,24,28)(H2,25,29)(H,26,27). The van der Waals surface area contributed by atoms with Crippen molar-refractivity contribution < 1.29 is 4.79 Å². The van der Waals surface area contributed by atoms with Crippen LogP contribution in [0.5, 0.6) is 0 Å². The second-order valence-corrected chi connectivity index (χ2v) is 9.47. The lowest BCUT2D eigenvalue weighted by molar-refractivity contribution is -0.144. The molecule has 4 bridgehead atoms. The number of hydrogen-bond donors (Lipinski definition) is 3. The molecule has 5 N–H and O–H groups in total. The molecular weight excluding hydrogens is 364 g/mol. The lowest BCUT2D eigenvalue weighted by Crippen LogP contribution is -2.57. The number of amides is 1. The summed E-state index contributed by atoms with van der Waals surface area (Å²) >= 11 is 0. The van der Waals surface area contributed by atoms with Crippen LogP contribution in [0, 0.1) is 34.5 Å². The molecule has 154 valence electrons. The number of carbonyl (C=O) groups is 1. The SMILES string of the molecule is CNc1ccc(C(C)(CC#N)C(N)=NC2C3CC4CC2CC(C(N)=O)(C4)C3)cn1. The minimum Gasteiger partial charge on any atom is -0.387 e. The molecule has 0 radical (unpaired) electrons. The van der Waals surface area contributed by atoms with Gasteiger partial charge in [0.05, 0.1) is 23.9 Å². The van der Waals surface area contributed by atoms with E-state index in [2.05, 4.69) is 16.4 Å². The second-order valence-electron chi connectivity index (χ2n) is 9.47. The van der Waals surface area contributed by atoms with E-state index in [-0.39, 0.29) is 23.8 Å². The average Bonchev–Trinajstić information content (AvgIpc) is 2.70. The first-order chi connectivity index (χ1) is 13.8. The van der Waals surface area contributed by atoms with E-state index in [1.807, 2.05) is 26.1 Å². The molecule has 4 aliphatic rings. The fraction of sp³-hybridized carbons (Fsp3) is 0.636. The normalized spacial score (nSPS) is 35.0. The fourth-order valence-corrected chi connectivity index (χ4v) is 6.18. The highest BCUT2D eigenvalue weighted by Gasteiger charge is 2.58. The van der Waals surface area contributed by atoms with Crippen LogP contribution in [-0.4, -0.2) is 29.8 Å². The first kappa shape index (κ1) is 19.7. The quantitative estimate of drug-likeness (QED) is 0.503. The summed E-state index contributed by atoms with van der Waals surface area (Å²) in [6.07, 6.45) is 6.79. The lowest BCUT2D eigenvalue weighted by Gasteiger charge is -2.57. The number of nitriles is 1. The summed E-state index contributed by atoms with van der Waals surface area (Å²) in [7, 11) is 1.82. The van der Waals surface area contributed by atoms with E-state index in [0.29, 0.717) is 23.6 Å². The van der Waals surface area contributed by atoms with Gasteiger partial charge < -0.3 is 16.8 Å². The third-order valence-corrected chi connectivity index (χ3v) is 7.69. The number of rotatable bonds is 6. The monoisotopic (exact) mass is 394 g/mol. The Kier molecular flexibility index (Phi) is 4.76. The van der Waals surface area contributed by atoms with Crippen molar-refractivity contribution in [1.82, 2.24) is 4.98 Å². The second kappa shape index (κ2) is 7.01. The molecular formula is C22H30N6O. The molecule has 0 aliphatic heterocycles. The molecule has 3 atom stereocenters. The van der Waals surface area contributed by atoms with Crippen molar-refractivity contribution in [2.45, 2.75) is 56.9 Å². The van der Waals surface area contributed by atoms with Crippen LogP contribution in [0.2, 0.25) is 0 Å². The number of hydrogen-bond acceptors (Lipinski definition) is 5. The van der Waals surface area contributed by atoms with E-state index < -0.39 is 5.41 Å². The van der Waals surface area contributed by atoms with Gasteiger partial charge in [-0.05, 0) is 68.4 Å². The largest absolute Gasteiger partial charge is 0.387 e. The molecule has 1 heterocycles. The van der Waals surface area contributed by atoms with Crippen LogP contribution < -0.4 is 16.8 Å². The number of nitrogens with two attached hydrogens (primary N) is 2. The number of pyridine rings is 1. The molecule has 0 spiro atoms. The molecule has 4 fully saturated rings. The average molecular weight is 395 g/mol. The van der Waals surface area contributed by atoms with E-state index in [0.717, 1.165) is 43.5 Å². The molecule has 1 aromatic heterocycles. The Labute approximate surface area is 172 Å². The van der Waals surface area contributed by atoms with Gasteiger partial charge >= 0.3 is 0 Å². The van der Waals surface area contributed by atoms with Gasteiger partial charge in [-0.3, -0.25) is 9.79 Å². The van der Waals surface area contributed by atoms with Crippen molar-refractivity contribution in [3.8, 4) is 6.07 Å². The summed E-state index contributed by atoms with van der Waals surface area (Å²) in [6, 6.07) is 6.23. The van der Waals surface area contributed by atoms with Crippen LogP contribution in [0.4, 0.5) is 5.82 Å². The van der Waals surface area contributed by atoms with Gasteiger partial charge in [-0.15, -0.1) is 0 Å². The maximum atomic E-state index is 12.2. The van der Waals surface area contributed by atoms with E-state index in [9.17, 15) is 10.1 Å². The number of nitrogens with zero attached hydrogens (tertiary/aromatic N) is 3. The van der Waals surface area contributed by atoms with E-state index in [4.69, 9.17) is 16.5 Å². The number of primary amides is 1. The zero-order valence-corrected chi connectivity index (χ0v) is 17.2. The first-order valence-electron chi connectivity index (χ1n) is 10.5. The number of aliphatic imine (C=N–C) groups is 1. The summed E-state index contributed by atoms with van der Waals surface area (Å²) in [5, 5.41) is 12.5. The zero-order chi connectivity index (χ0) is 20.8. The number of anilines is 1. The van der Waals surface area contributed by atoms with Crippen molar-refractivity contribution in [3.05, 3.63) is 23.9 Å². The van der Waals surface area contributed by atoms with Crippen molar-refractivity contribution in [2.24, 2.45) is 39.6 Å². The molecule has 1 aromatic rings. The predicted molar refractivity (Wildman–Crippen MR) is 112 cm³/mol. The van der Waals surface area contributed by atoms with Crippen LogP contribution in [0.15, 0.2) is 23.3 Å². The molecule has 5 rings (SSSR count). The number of carbonyl (C=O) groups excluding carboxylic acids is 1. The Balaban J connectivity index is 1.64. The maximum absolute atomic E-state index is 12.2. The van der Waals surface area contributed by atoms with Crippen molar-refractivity contribution in [2.75, 3.05) is 12.4 Å². The van der Waals surface area contributed by atoms with Crippen LogP contribution in [0.1, 0.15) is 51.0 Å². The Bertz CT molecular complexity index is 856. The summed E-state index contributed by atoms with van der Waals surface area (Å²) in [6.45, 7) is 1.96. The van der Waals surface area contributed by atoms with Crippen LogP contribution in [-0.2, 0) is 10.2 Å². The van der Waals surface area contributed by atoms with Gasteiger partial charge in [0.1, 0.15) is 11.7 Å².